The van der Waals surface area contributed by atoms with Crippen molar-refractivity contribution in [3.63, 3.8) is 0 Å². The standard InChI is InChI=1S/C16H16F2N2O2/c1-10-3-5-13(8-16(10)20(21)22)11(2)19-9-12-4-6-14(17)15(18)7-12/h3-8,11,19H,9H2,1-2H3. The fourth-order valence-electron chi connectivity index (χ4n) is 2.13. The summed E-state index contributed by atoms with van der Waals surface area (Å²) in [5, 5.41) is 14.1. The van der Waals surface area contributed by atoms with E-state index in [9.17, 15) is 18.9 Å². The normalized spacial score (nSPS) is 12.2. The predicted octanol–water partition coefficient (Wildman–Crippen LogP) is 4.03. The van der Waals surface area contributed by atoms with Gasteiger partial charge in [0.1, 0.15) is 0 Å². The van der Waals surface area contributed by atoms with Gasteiger partial charge in [-0.05, 0) is 37.1 Å². The lowest BCUT2D eigenvalue weighted by Crippen LogP contribution is -2.18. The van der Waals surface area contributed by atoms with Gasteiger partial charge in [0.2, 0.25) is 0 Å². The molecule has 0 amide bonds. The summed E-state index contributed by atoms with van der Waals surface area (Å²) in [5.41, 5.74) is 2.03. The summed E-state index contributed by atoms with van der Waals surface area (Å²) in [5.74, 6) is -1.77. The Hall–Kier alpha value is -2.34. The first-order valence-electron chi connectivity index (χ1n) is 6.80. The molecule has 0 aliphatic carbocycles. The smallest absolute Gasteiger partial charge is 0.272 e. The highest BCUT2D eigenvalue weighted by molar-refractivity contribution is 5.43. The minimum Gasteiger partial charge on any atom is -0.306 e. The zero-order valence-corrected chi connectivity index (χ0v) is 12.3. The number of halogens is 2. The second-order valence-corrected chi connectivity index (χ2v) is 5.15. The molecule has 0 fully saturated rings. The van der Waals surface area contributed by atoms with E-state index < -0.39 is 16.6 Å². The molecule has 0 radical (unpaired) electrons. The van der Waals surface area contributed by atoms with Crippen molar-refractivity contribution in [2.45, 2.75) is 26.4 Å². The fourth-order valence-corrected chi connectivity index (χ4v) is 2.13. The molecule has 22 heavy (non-hydrogen) atoms. The van der Waals surface area contributed by atoms with E-state index in [-0.39, 0.29) is 11.7 Å². The average Bonchev–Trinajstić information content (AvgIpc) is 2.48. The van der Waals surface area contributed by atoms with Crippen LogP contribution in [0.5, 0.6) is 0 Å². The highest BCUT2D eigenvalue weighted by atomic mass is 19.2. The highest BCUT2D eigenvalue weighted by Gasteiger charge is 2.14. The topological polar surface area (TPSA) is 55.2 Å². The summed E-state index contributed by atoms with van der Waals surface area (Å²) in [4.78, 5) is 10.5. The first-order valence-corrected chi connectivity index (χ1v) is 6.80. The Balaban J connectivity index is 2.09. The summed E-state index contributed by atoms with van der Waals surface area (Å²) in [6.45, 7) is 3.87. The Morgan fingerprint density at radius 3 is 2.55 bits per heavy atom. The van der Waals surface area contributed by atoms with Gasteiger partial charge in [-0.15, -0.1) is 0 Å². The highest BCUT2D eigenvalue weighted by Crippen LogP contribution is 2.23. The van der Waals surface area contributed by atoms with Gasteiger partial charge in [0.15, 0.2) is 11.6 Å². The van der Waals surface area contributed by atoms with E-state index >= 15 is 0 Å². The van der Waals surface area contributed by atoms with Gasteiger partial charge in [-0.25, -0.2) is 8.78 Å². The second kappa shape index (κ2) is 6.62. The maximum atomic E-state index is 13.1. The van der Waals surface area contributed by atoms with Crippen molar-refractivity contribution >= 4 is 5.69 Å². The lowest BCUT2D eigenvalue weighted by atomic mass is 10.0. The van der Waals surface area contributed by atoms with E-state index in [0.29, 0.717) is 17.7 Å². The molecule has 2 aromatic carbocycles. The van der Waals surface area contributed by atoms with Gasteiger partial charge in [-0.1, -0.05) is 18.2 Å². The van der Waals surface area contributed by atoms with Crippen molar-refractivity contribution in [1.29, 1.82) is 0 Å². The van der Waals surface area contributed by atoms with Gasteiger partial charge in [0, 0.05) is 24.2 Å². The van der Waals surface area contributed by atoms with Crippen LogP contribution in [0.1, 0.15) is 29.7 Å². The molecule has 0 saturated carbocycles. The quantitative estimate of drug-likeness (QED) is 0.670. The molecule has 0 aromatic heterocycles. The number of aryl methyl sites for hydroxylation is 1. The molecule has 1 N–H and O–H groups in total. The SMILES string of the molecule is Cc1ccc(C(C)NCc2ccc(F)c(F)c2)cc1[N+](=O)[O-]. The maximum absolute atomic E-state index is 13.1. The summed E-state index contributed by atoms with van der Waals surface area (Å²) >= 11 is 0. The van der Waals surface area contributed by atoms with Gasteiger partial charge in [0.05, 0.1) is 4.92 Å². The van der Waals surface area contributed by atoms with Crippen molar-refractivity contribution in [1.82, 2.24) is 5.32 Å². The zero-order valence-electron chi connectivity index (χ0n) is 12.3. The third kappa shape index (κ3) is 3.65. The molecule has 116 valence electrons. The first kappa shape index (κ1) is 16.0. The number of hydrogen-bond acceptors (Lipinski definition) is 3. The number of hydrogen-bond donors (Lipinski definition) is 1. The molecule has 0 saturated heterocycles. The maximum Gasteiger partial charge on any atom is 0.272 e. The molecule has 0 spiro atoms. The Labute approximate surface area is 126 Å². The third-order valence-electron chi connectivity index (χ3n) is 3.53. The summed E-state index contributed by atoms with van der Waals surface area (Å²) in [7, 11) is 0. The molecule has 0 aliphatic rings. The zero-order chi connectivity index (χ0) is 16.3. The minimum absolute atomic E-state index is 0.0685. The van der Waals surface area contributed by atoms with Gasteiger partial charge in [0.25, 0.3) is 5.69 Å². The van der Waals surface area contributed by atoms with Crippen LogP contribution in [0.25, 0.3) is 0 Å². The Morgan fingerprint density at radius 1 is 1.18 bits per heavy atom. The first-order chi connectivity index (χ1) is 10.4. The predicted molar refractivity (Wildman–Crippen MR) is 79.4 cm³/mol. The molecular weight excluding hydrogens is 290 g/mol. The van der Waals surface area contributed by atoms with Gasteiger partial charge < -0.3 is 5.32 Å². The molecule has 0 heterocycles. The van der Waals surface area contributed by atoms with E-state index in [1.54, 1.807) is 13.0 Å². The third-order valence-corrected chi connectivity index (χ3v) is 3.53. The number of nitro groups is 1. The van der Waals surface area contributed by atoms with Crippen molar-refractivity contribution in [3.05, 3.63) is 74.8 Å². The van der Waals surface area contributed by atoms with Crippen LogP contribution in [-0.2, 0) is 6.54 Å². The van der Waals surface area contributed by atoms with Crippen LogP contribution in [0, 0.1) is 28.7 Å². The van der Waals surface area contributed by atoms with Crippen LogP contribution in [0.15, 0.2) is 36.4 Å². The molecule has 6 heteroatoms. The van der Waals surface area contributed by atoms with Crippen LogP contribution in [0.2, 0.25) is 0 Å². The number of rotatable bonds is 5. The summed E-state index contributed by atoms with van der Waals surface area (Å²) in [6.07, 6.45) is 0. The van der Waals surface area contributed by atoms with Crippen LogP contribution < -0.4 is 5.32 Å². The average molecular weight is 306 g/mol. The molecule has 1 unspecified atom stereocenters. The monoisotopic (exact) mass is 306 g/mol. The summed E-state index contributed by atoms with van der Waals surface area (Å²) in [6, 6.07) is 8.58. The lowest BCUT2D eigenvalue weighted by Gasteiger charge is -2.15. The largest absolute Gasteiger partial charge is 0.306 e. The van der Waals surface area contributed by atoms with Crippen LogP contribution >= 0.6 is 0 Å². The Morgan fingerprint density at radius 2 is 1.91 bits per heavy atom. The number of benzene rings is 2. The minimum atomic E-state index is -0.891. The van der Waals surface area contributed by atoms with Crippen molar-refractivity contribution in [3.8, 4) is 0 Å². The molecule has 1 atom stereocenters. The molecule has 4 nitrogen and oxygen atoms in total. The van der Waals surface area contributed by atoms with E-state index in [4.69, 9.17) is 0 Å². The van der Waals surface area contributed by atoms with E-state index in [1.807, 2.05) is 13.0 Å². The molecule has 2 rings (SSSR count). The number of nitro benzene ring substituents is 1. The van der Waals surface area contributed by atoms with Gasteiger partial charge in [-0.2, -0.15) is 0 Å². The number of nitrogens with zero attached hydrogens (tertiary/aromatic N) is 1. The van der Waals surface area contributed by atoms with Crippen molar-refractivity contribution in [2.75, 3.05) is 0 Å². The van der Waals surface area contributed by atoms with Crippen molar-refractivity contribution < 1.29 is 13.7 Å². The Bertz CT molecular complexity index is 705. The van der Waals surface area contributed by atoms with E-state index in [2.05, 4.69) is 5.32 Å². The van der Waals surface area contributed by atoms with E-state index in [0.717, 1.165) is 17.7 Å². The molecular formula is C16H16F2N2O2. The fraction of sp³-hybridized carbons (Fsp3) is 0.250. The van der Waals surface area contributed by atoms with E-state index in [1.165, 1.54) is 12.1 Å². The second-order valence-electron chi connectivity index (χ2n) is 5.15. The van der Waals surface area contributed by atoms with Crippen LogP contribution in [0.3, 0.4) is 0 Å². The summed E-state index contributed by atoms with van der Waals surface area (Å²) < 4.78 is 26.0. The van der Waals surface area contributed by atoms with Crippen molar-refractivity contribution in [2.24, 2.45) is 0 Å². The molecule has 0 aliphatic heterocycles. The number of nitrogens with one attached hydrogen (secondary N) is 1. The van der Waals surface area contributed by atoms with Crippen LogP contribution in [0.4, 0.5) is 14.5 Å². The van der Waals surface area contributed by atoms with Crippen LogP contribution in [-0.4, -0.2) is 4.92 Å². The molecule has 2 aromatic rings. The lowest BCUT2D eigenvalue weighted by molar-refractivity contribution is -0.385. The molecule has 0 bridgehead atoms. The van der Waals surface area contributed by atoms with Gasteiger partial charge >= 0.3 is 0 Å². The Kier molecular flexibility index (Phi) is 4.82. The van der Waals surface area contributed by atoms with Gasteiger partial charge in [-0.3, -0.25) is 10.1 Å².